The minimum Gasteiger partial charge on any atom is -0.376 e. The van der Waals surface area contributed by atoms with E-state index in [4.69, 9.17) is 4.52 Å². The Morgan fingerprint density at radius 2 is 1.81 bits per heavy atom. The molecule has 1 saturated heterocycles. The number of carbonyl (C=O) groups is 1. The topological polar surface area (TPSA) is 49.6 Å². The van der Waals surface area contributed by atoms with E-state index in [1.165, 1.54) is 6.42 Å². The Labute approximate surface area is 152 Å². The molecule has 1 aliphatic carbocycles. The number of piperidine rings is 1. The first-order valence-electron chi connectivity index (χ1n) is 9.19. The van der Waals surface area contributed by atoms with E-state index in [0.29, 0.717) is 11.3 Å². The molecule has 5 rings (SSSR count). The van der Waals surface area contributed by atoms with Gasteiger partial charge in [-0.15, -0.1) is 0 Å². The predicted molar refractivity (Wildman–Crippen MR) is 103 cm³/mol. The second-order valence-electron chi connectivity index (χ2n) is 7.34. The quantitative estimate of drug-likeness (QED) is 0.546. The first-order valence-corrected chi connectivity index (χ1v) is 9.19. The van der Waals surface area contributed by atoms with Crippen molar-refractivity contribution in [3.63, 3.8) is 0 Å². The zero-order valence-corrected chi connectivity index (χ0v) is 15.1. The molecule has 3 aromatic rings. The molecule has 0 radical (unpaired) electrons. The summed E-state index contributed by atoms with van der Waals surface area (Å²) in [5.74, 6) is 0.791. The van der Waals surface area contributed by atoms with Crippen molar-refractivity contribution in [2.75, 3.05) is 37.0 Å². The van der Waals surface area contributed by atoms with Crippen molar-refractivity contribution in [3.8, 4) is 11.3 Å². The van der Waals surface area contributed by atoms with Crippen molar-refractivity contribution in [1.29, 1.82) is 0 Å². The van der Waals surface area contributed by atoms with Crippen molar-refractivity contribution >= 4 is 28.1 Å². The van der Waals surface area contributed by atoms with E-state index < -0.39 is 0 Å². The van der Waals surface area contributed by atoms with E-state index in [1.54, 1.807) is 0 Å². The largest absolute Gasteiger partial charge is 0.376 e. The third-order valence-corrected chi connectivity index (χ3v) is 5.54. The lowest BCUT2D eigenvalue weighted by molar-refractivity contribution is 0.104. The molecule has 1 fully saturated rings. The van der Waals surface area contributed by atoms with E-state index in [2.05, 4.69) is 16.1 Å². The Morgan fingerprint density at radius 3 is 2.54 bits per heavy atom. The average Bonchev–Trinajstić information content (AvgIpc) is 3.11. The summed E-state index contributed by atoms with van der Waals surface area (Å²) in [4.78, 5) is 17.8. The van der Waals surface area contributed by atoms with Crippen LogP contribution >= 0.6 is 0 Å². The lowest BCUT2D eigenvalue weighted by Gasteiger charge is -2.32. The smallest absolute Gasteiger partial charge is 0.196 e. The number of rotatable bonds is 2. The van der Waals surface area contributed by atoms with E-state index >= 15 is 0 Å². The number of ketones is 1. The highest BCUT2D eigenvalue weighted by atomic mass is 16.5. The molecule has 5 heteroatoms. The zero-order valence-electron chi connectivity index (χ0n) is 15.1. The van der Waals surface area contributed by atoms with E-state index in [0.717, 1.165) is 59.3 Å². The molecule has 2 heterocycles. The average molecular weight is 347 g/mol. The maximum absolute atomic E-state index is 13.4. The number of anilines is 2. The maximum atomic E-state index is 13.4. The second kappa shape index (κ2) is 5.59. The third kappa shape index (κ3) is 2.03. The van der Waals surface area contributed by atoms with Gasteiger partial charge >= 0.3 is 0 Å². The van der Waals surface area contributed by atoms with Gasteiger partial charge < -0.3 is 14.3 Å². The van der Waals surface area contributed by atoms with Gasteiger partial charge in [0.05, 0.1) is 22.3 Å². The van der Waals surface area contributed by atoms with Crippen LogP contribution in [0.5, 0.6) is 0 Å². The van der Waals surface area contributed by atoms with Crippen molar-refractivity contribution in [2.45, 2.75) is 19.3 Å². The normalized spacial score (nSPS) is 16.1. The van der Waals surface area contributed by atoms with Crippen molar-refractivity contribution in [2.24, 2.45) is 0 Å². The first-order chi connectivity index (χ1) is 12.7. The molecule has 0 N–H and O–H groups in total. The van der Waals surface area contributed by atoms with Crippen LogP contribution in [0.15, 0.2) is 34.9 Å². The summed E-state index contributed by atoms with van der Waals surface area (Å²) in [6.07, 6.45) is 3.58. The van der Waals surface area contributed by atoms with Gasteiger partial charge in [0.15, 0.2) is 11.5 Å². The number of aromatic nitrogens is 1. The Hall–Kier alpha value is -2.82. The molecular formula is C21H21N3O2. The summed E-state index contributed by atoms with van der Waals surface area (Å²) in [6, 6.07) is 9.78. The highest BCUT2D eigenvalue weighted by Crippen LogP contribution is 2.46. The molecule has 5 nitrogen and oxygen atoms in total. The Kier molecular flexibility index (Phi) is 3.32. The fourth-order valence-electron chi connectivity index (χ4n) is 4.25. The van der Waals surface area contributed by atoms with Gasteiger partial charge in [0, 0.05) is 38.3 Å². The fourth-order valence-corrected chi connectivity index (χ4v) is 4.25. The highest BCUT2D eigenvalue weighted by Gasteiger charge is 2.34. The minimum atomic E-state index is 0.0761. The maximum Gasteiger partial charge on any atom is 0.196 e. The highest BCUT2D eigenvalue weighted by molar-refractivity contribution is 6.28. The summed E-state index contributed by atoms with van der Waals surface area (Å²) in [5, 5.41) is 5.21. The molecule has 26 heavy (non-hydrogen) atoms. The Bertz CT molecular complexity index is 1030. The molecule has 0 bridgehead atoms. The molecule has 0 unspecified atom stereocenters. The molecular weight excluding hydrogens is 326 g/mol. The van der Waals surface area contributed by atoms with Gasteiger partial charge in [0.1, 0.15) is 5.52 Å². The molecule has 1 aromatic heterocycles. The van der Waals surface area contributed by atoms with Gasteiger partial charge in [-0.25, -0.2) is 0 Å². The van der Waals surface area contributed by atoms with Gasteiger partial charge in [-0.3, -0.25) is 4.79 Å². The molecule has 0 amide bonds. The fraction of sp³-hybridized carbons (Fsp3) is 0.333. The van der Waals surface area contributed by atoms with Crippen LogP contribution in [0.25, 0.3) is 22.2 Å². The first kappa shape index (κ1) is 15.4. The minimum absolute atomic E-state index is 0.0761. The number of carbonyl (C=O) groups excluding carboxylic acids is 1. The van der Waals surface area contributed by atoms with Crippen molar-refractivity contribution < 1.29 is 9.32 Å². The van der Waals surface area contributed by atoms with E-state index in [1.807, 2.05) is 43.3 Å². The van der Waals surface area contributed by atoms with Crippen LogP contribution < -0.4 is 9.80 Å². The predicted octanol–water partition coefficient (Wildman–Crippen LogP) is 4.10. The molecule has 132 valence electrons. The van der Waals surface area contributed by atoms with Gasteiger partial charge in [0.25, 0.3) is 0 Å². The number of nitrogens with zero attached hydrogens (tertiary/aromatic N) is 3. The Morgan fingerprint density at radius 1 is 1.08 bits per heavy atom. The van der Waals surface area contributed by atoms with Crippen molar-refractivity contribution in [1.82, 2.24) is 5.16 Å². The number of benzene rings is 2. The SMILES string of the molecule is CN(C)c1cc(N2CCCCC2)c2c3c(onc13)-c1ccccc1C2=O. The molecule has 2 aliphatic rings. The van der Waals surface area contributed by atoms with Crippen LogP contribution in [0.4, 0.5) is 11.4 Å². The molecule has 2 aromatic carbocycles. The number of fused-ring (bicyclic) bond motifs is 2. The van der Waals surface area contributed by atoms with Gasteiger partial charge in [0.2, 0.25) is 0 Å². The molecule has 0 atom stereocenters. The zero-order chi connectivity index (χ0) is 17.8. The molecule has 1 aliphatic heterocycles. The summed E-state index contributed by atoms with van der Waals surface area (Å²) in [7, 11) is 4.01. The van der Waals surface area contributed by atoms with E-state index in [9.17, 15) is 4.79 Å². The van der Waals surface area contributed by atoms with Gasteiger partial charge in [-0.2, -0.15) is 0 Å². The standard InChI is InChI=1S/C21H21N3O2/c1-23(2)16-12-15(24-10-6-3-7-11-24)17-18-19(16)22-26-21(18)14-9-5-4-8-13(14)20(17)25/h4-5,8-9,12H,3,6-7,10-11H2,1-2H3. The van der Waals surface area contributed by atoms with Crippen LogP contribution in [0.1, 0.15) is 35.2 Å². The monoisotopic (exact) mass is 347 g/mol. The van der Waals surface area contributed by atoms with Crippen LogP contribution in [-0.4, -0.2) is 38.1 Å². The lowest BCUT2D eigenvalue weighted by Crippen LogP contribution is -2.31. The van der Waals surface area contributed by atoms with Crippen LogP contribution in [-0.2, 0) is 0 Å². The Balaban J connectivity index is 1.87. The second-order valence-corrected chi connectivity index (χ2v) is 7.34. The van der Waals surface area contributed by atoms with E-state index in [-0.39, 0.29) is 5.78 Å². The summed E-state index contributed by atoms with van der Waals surface area (Å²) >= 11 is 0. The number of hydrogen-bond donors (Lipinski definition) is 0. The van der Waals surface area contributed by atoms with Crippen LogP contribution in [0, 0.1) is 0 Å². The summed E-state index contributed by atoms with van der Waals surface area (Å²) in [6.45, 7) is 1.97. The summed E-state index contributed by atoms with van der Waals surface area (Å²) < 4.78 is 5.76. The molecule has 0 spiro atoms. The third-order valence-electron chi connectivity index (χ3n) is 5.54. The van der Waals surface area contributed by atoms with Crippen LogP contribution in [0.2, 0.25) is 0 Å². The summed E-state index contributed by atoms with van der Waals surface area (Å²) in [5.41, 5.74) is 5.07. The molecule has 0 saturated carbocycles. The number of hydrogen-bond acceptors (Lipinski definition) is 5. The van der Waals surface area contributed by atoms with Gasteiger partial charge in [-0.05, 0) is 25.3 Å². The lowest BCUT2D eigenvalue weighted by atomic mass is 9.86. The van der Waals surface area contributed by atoms with Crippen molar-refractivity contribution in [3.05, 3.63) is 41.5 Å². The van der Waals surface area contributed by atoms with Crippen LogP contribution in [0.3, 0.4) is 0 Å². The van der Waals surface area contributed by atoms with Gasteiger partial charge in [-0.1, -0.05) is 29.4 Å².